The average molecular weight is 765 g/mol. The Bertz CT molecular complexity index is 1790. The zero-order chi connectivity index (χ0) is 39.9. The molecule has 0 aromatic heterocycles. The lowest BCUT2D eigenvalue weighted by Crippen LogP contribution is -2.36. The van der Waals surface area contributed by atoms with Gasteiger partial charge in [0.05, 0.1) is 25.4 Å². The first kappa shape index (κ1) is 41.6. The van der Waals surface area contributed by atoms with Gasteiger partial charge >= 0.3 is 0 Å². The molecule has 0 saturated carbocycles. The summed E-state index contributed by atoms with van der Waals surface area (Å²) in [6.45, 7) is 20.1. The van der Waals surface area contributed by atoms with Crippen LogP contribution in [0.25, 0.3) is 0 Å². The number of epoxide rings is 2. The molecule has 2 fully saturated rings. The molecule has 7 heteroatoms. The van der Waals surface area contributed by atoms with Crippen molar-refractivity contribution in [1.29, 1.82) is 0 Å². The van der Waals surface area contributed by atoms with E-state index in [1.807, 2.05) is 24.3 Å². The molecule has 0 radical (unpaired) electrons. The summed E-state index contributed by atoms with van der Waals surface area (Å²) in [6, 6.07) is 33.6. The van der Waals surface area contributed by atoms with Gasteiger partial charge in [0.25, 0.3) is 0 Å². The van der Waals surface area contributed by atoms with Gasteiger partial charge in [0.1, 0.15) is 54.0 Å². The van der Waals surface area contributed by atoms with Crippen LogP contribution in [-0.2, 0) is 20.3 Å². The first-order valence-corrected chi connectivity index (χ1v) is 20.8. The predicted octanol–water partition coefficient (Wildman–Crippen LogP) is 10.5. The molecular formula is C49H64O7. The largest absolute Gasteiger partial charge is 0.491 e. The minimum Gasteiger partial charge on any atom is -0.491 e. The molecule has 0 aliphatic carbocycles. The van der Waals surface area contributed by atoms with Gasteiger partial charge in [-0.2, -0.15) is 0 Å². The predicted molar refractivity (Wildman–Crippen MR) is 224 cm³/mol. The fourth-order valence-corrected chi connectivity index (χ4v) is 7.71. The highest BCUT2D eigenvalue weighted by molar-refractivity contribution is 5.43. The van der Waals surface area contributed by atoms with E-state index in [0.29, 0.717) is 19.1 Å². The number of hydrogen-bond donors (Lipinski definition) is 1. The maximum Gasteiger partial charge on any atom is 0.120 e. The fourth-order valence-electron chi connectivity index (χ4n) is 7.71. The third kappa shape index (κ3) is 10.7. The van der Waals surface area contributed by atoms with E-state index in [2.05, 4.69) is 128 Å². The molecule has 2 heterocycles. The summed E-state index contributed by atoms with van der Waals surface area (Å²) in [6.07, 6.45) is 4.19. The monoisotopic (exact) mass is 764 g/mol. The Balaban J connectivity index is 0.966. The van der Waals surface area contributed by atoms with E-state index in [0.717, 1.165) is 61.9 Å². The molecule has 0 spiro atoms. The van der Waals surface area contributed by atoms with Gasteiger partial charge in [-0.1, -0.05) is 104 Å². The van der Waals surface area contributed by atoms with Crippen LogP contribution in [0.2, 0.25) is 0 Å². The number of benzene rings is 4. The Labute approximate surface area is 335 Å². The SMILES string of the molecule is CCC(Oc1ccc(C(C)(C)c2ccc(OCC3CO3)cc2)cc1)C(C)CC(O)COc1ccc(C(C)(C)c2ccc(OC(CC)(CC)CC3CO3)cc2)cc1. The second kappa shape index (κ2) is 18.0. The summed E-state index contributed by atoms with van der Waals surface area (Å²) in [5, 5.41) is 11.0. The van der Waals surface area contributed by atoms with Gasteiger partial charge in [0.2, 0.25) is 0 Å². The highest BCUT2D eigenvalue weighted by Crippen LogP contribution is 2.37. The van der Waals surface area contributed by atoms with Crippen LogP contribution < -0.4 is 18.9 Å². The van der Waals surface area contributed by atoms with E-state index < -0.39 is 6.10 Å². The molecule has 56 heavy (non-hydrogen) atoms. The number of rotatable bonds is 22. The van der Waals surface area contributed by atoms with Crippen molar-refractivity contribution in [3.63, 3.8) is 0 Å². The van der Waals surface area contributed by atoms with E-state index >= 15 is 0 Å². The zero-order valence-corrected chi connectivity index (χ0v) is 34.9. The Morgan fingerprint density at radius 3 is 1.48 bits per heavy atom. The molecule has 4 aromatic carbocycles. The molecule has 2 aliphatic rings. The molecule has 7 nitrogen and oxygen atoms in total. The summed E-state index contributed by atoms with van der Waals surface area (Å²) >= 11 is 0. The molecule has 5 atom stereocenters. The van der Waals surface area contributed by atoms with Crippen molar-refractivity contribution in [3.8, 4) is 23.0 Å². The van der Waals surface area contributed by atoms with Crippen LogP contribution in [0.5, 0.6) is 23.0 Å². The normalized spacial score (nSPS) is 18.4. The van der Waals surface area contributed by atoms with Crippen molar-refractivity contribution in [1.82, 2.24) is 0 Å². The van der Waals surface area contributed by atoms with Crippen molar-refractivity contribution in [2.24, 2.45) is 5.92 Å². The maximum atomic E-state index is 11.0. The van der Waals surface area contributed by atoms with Crippen molar-refractivity contribution in [3.05, 3.63) is 119 Å². The highest BCUT2D eigenvalue weighted by Gasteiger charge is 2.37. The van der Waals surface area contributed by atoms with Crippen LogP contribution in [0.4, 0.5) is 0 Å². The van der Waals surface area contributed by atoms with Gasteiger partial charge in [0, 0.05) is 17.3 Å². The third-order valence-corrected chi connectivity index (χ3v) is 12.2. The van der Waals surface area contributed by atoms with Gasteiger partial charge in [0.15, 0.2) is 0 Å². The van der Waals surface area contributed by atoms with Crippen molar-refractivity contribution < 1.29 is 33.5 Å². The third-order valence-electron chi connectivity index (χ3n) is 12.2. The first-order chi connectivity index (χ1) is 26.8. The van der Waals surface area contributed by atoms with E-state index in [9.17, 15) is 5.11 Å². The Hall–Kier alpha value is -4.04. The molecule has 6 rings (SSSR count). The lowest BCUT2D eigenvalue weighted by Gasteiger charge is -2.33. The number of aliphatic hydroxyl groups is 1. The standard InChI is InChI=1S/C49H64O7/c1-9-46(55-42-24-16-37(17-25-42)47(5,6)36-14-22-41(23-15-36)52-32-45-33-54-45)34(4)28-39(50)30-51-40-20-12-35(13-21-40)48(7,8)38-18-26-43(27-19-38)56-49(10-2,11-3)29-44-31-53-44/h12-27,34,39,44-46,50H,9-11,28-33H2,1-8H3. The topological polar surface area (TPSA) is 82.2 Å². The quantitative estimate of drug-likeness (QED) is 0.0798. The van der Waals surface area contributed by atoms with E-state index in [1.54, 1.807) is 0 Å². The molecular weight excluding hydrogens is 701 g/mol. The molecule has 4 aromatic rings. The highest BCUT2D eigenvalue weighted by atomic mass is 16.6. The summed E-state index contributed by atoms with van der Waals surface area (Å²) < 4.78 is 35.7. The summed E-state index contributed by atoms with van der Waals surface area (Å²) in [4.78, 5) is 0. The van der Waals surface area contributed by atoms with Gasteiger partial charge in [-0.05, 0) is 102 Å². The number of ether oxygens (including phenoxy) is 6. The van der Waals surface area contributed by atoms with Crippen LogP contribution in [0.15, 0.2) is 97.1 Å². The lowest BCUT2D eigenvalue weighted by atomic mass is 9.78. The van der Waals surface area contributed by atoms with Crippen LogP contribution >= 0.6 is 0 Å². The molecule has 2 aliphatic heterocycles. The van der Waals surface area contributed by atoms with Crippen molar-refractivity contribution in [2.75, 3.05) is 26.4 Å². The molecule has 302 valence electrons. The molecule has 1 N–H and O–H groups in total. The van der Waals surface area contributed by atoms with Crippen LogP contribution in [0.3, 0.4) is 0 Å². The Morgan fingerprint density at radius 2 is 1.05 bits per heavy atom. The second-order valence-electron chi connectivity index (χ2n) is 17.0. The summed E-state index contributed by atoms with van der Waals surface area (Å²) in [5.74, 6) is 3.48. The zero-order valence-electron chi connectivity index (χ0n) is 34.9. The van der Waals surface area contributed by atoms with Crippen molar-refractivity contribution >= 4 is 0 Å². The molecule has 0 amide bonds. The van der Waals surface area contributed by atoms with E-state index in [1.165, 1.54) is 22.3 Å². The van der Waals surface area contributed by atoms with Gasteiger partial charge < -0.3 is 33.5 Å². The number of aliphatic hydroxyl groups excluding tert-OH is 1. The van der Waals surface area contributed by atoms with E-state index in [-0.39, 0.29) is 41.2 Å². The maximum absolute atomic E-state index is 11.0. The summed E-state index contributed by atoms with van der Waals surface area (Å²) in [5.41, 5.74) is 4.25. The minimum atomic E-state index is -0.613. The molecule has 0 bridgehead atoms. The average Bonchev–Trinajstić information content (AvgIpc) is 4.16. The minimum absolute atomic E-state index is 0.0302. The van der Waals surface area contributed by atoms with Crippen LogP contribution in [-0.4, -0.2) is 61.6 Å². The van der Waals surface area contributed by atoms with Gasteiger partial charge in [-0.25, -0.2) is 0 Å². The van der Waals surface area contributed by atoms with Crippen LogP contribution in [0, 0.1) is 5.92 Å². The smallest absolute Gasteiger partial charge is 0.120 e. The van der Waals surface area contributed by atoms with Gasteiger partial charge in [-0.15, -0.1) is 0 Å². The fraction of sp³-hybridized carbons (Fsp3) is 0.510. The van der Waals surface area contributed by atoms with Crippen LogP contribution in [0.1, 0.15) is 110 Å². The molecule has 5 unspecified atom stereocenters. The Kier molecular flexibility index (Phi) is 13.4. The Morgan fingerprint density at radius 1 is 0.625 bits per heavy atom. The second-order valence-corrected chi connectivity index (χ2v) is 17.0. The molecule has 2 saturated heterocycles. The number of hydrogen-bond acceptors (Lipinski definition) is 7. The van der Waals surface area contributed by atoms with E-state index in [4.69, 9.17) is 28.4 Å². The van der Waals surface area contributed by atoms with Crippen molar-refractivity contribution in [2.45, 2.75) is 128 Å². The lowest BCUT2D eigenvalue weighted by molar-refractivity contribution is 0.0432. The first-order valence-electron chi connectivity index (χ1n) is 20.8. The summed E-state index contributed by atoms with van der Waals surface area (Å²) in [7, 11) is 0. The van der Waals surface area contributed by atoms with Gasteiger partial charge in [-0.3, -0.25) is 0 Å².